The Balaban J connectivity index is 1.72. The van der Waals surface area contributed by atoms with Crippen LogP contribution in [-0.2, 0) is 16.0 Å². The minimum atomic E-state index is -0.500. The second-order valence-corrected chi connectivity index (χ2v) is 8.16. The van der Waals surface area contributed by atoms with Crippen LogP contribution in [-0.4, -0.2) is 23.3 Å². The number of nitrogens with zero attached hydrogens (tertiary/aromatic N) is 1. The maximum Gasteiger partial charge on any atom is 0.244 e. The number of anilines is 1. The third kappa shape index (κ3) is 4.44. The van der Waals surface area contributed by atoms with Crippen LogP contribution in [0.2, 0.25) is 0 Å². The first-order chi connectivity index (χ1) is 14.5. The highest BCUT2D eigenvalue weighted by Crippen LogP contribution is 2.37. The Morgan fingerprint density at radius 2 is 1.80 bits per heavy atom. The first-order valence-electron chi connectivity index (χ1n) is 9.69. The normalized spacial score (nSPS) is 15.9. The molecule has 0 aliphatic carbocycles. The van der Waals surface area contributed by atoms with E-state index in [9.17, 15) is 14.0 Å². The summed E-state index contributed by atoms with van der Waals surface area (Å²) in [4.78, 5) is 27.4. The van der Waals surface area contributed by atoms with E-state index in [1.807, 2.05) is 48.5 Å². The molecular weight excluding hydrogens is 447 g/mol. The van der Waals surface area contributed by atoms with Crippen molar-refractivity contribution in [1.82, 2.24) is 4.90 Å². The van der Waals surface area contributed by atoms with Gasteiger partial charge >= 0.3 is 0 Å². The average Bonchev–Trinajstić information content (AvgIpc) is 2.89. The summed E-state index contributed by atoms with van der Waals surface area (Å²) in [5.74, 6) is -0.731. The summed E-state index contributed by atoms with van der Waals surface area (Å²) in [6, 6.07) is 20.9. The molecule has 30 heavy (non-hydrogen) atoms. The van der Waals surface area contributed by atoms with Gasteiger partial charge in [0.1, 0.15) is 12.4 Å². The molecule has 1 heterocycles. The first kappa shape index (κ1) is 20.3. The first-order valence-corrected chi connectivity index (χ1v) is 10.5. The molecule has 2 amide bonds. The van der Waals surface area contributed by atoms with Gasteiger partial charge in [-0.25, -0.2) is 4.39 Å². The molecule has 6 heteroatoms. The molecule has 0 spiro atoms. The third-order valence-corrected chi connectivity index (χ3v) is 5.68. The zero-order valence-corrected chi connectivity index (χ0v) is 17.7. The molecule has 1 aliphatic heterocycles. The molecule has 0 saturated heterocycles. The molecule has 3 aromatic carbocycles. The second kappa shape index (κ2) is 8.79. The largest absolute Gasteiger partial charge is 0.324 e. The number of carbonyl (C=O) groups excluding carboxylic acids is 2. The van der Waals surface area contributed by atoms with Crippen molar-refractivity contribution in [3.05, 3.63) is 99.8 Å². The van der Waals surface area contributed by atoms with Gasteiger partial charge in [0.05, 0.1) is 6.04 Å². The fourth-order valence-corrected chi connectivity index (χ4v) is 4.13. The molecule has 1 N–H and O–H groups in total. The number of amides is 2. The van der Waals surface area contributed by atoms with Crippen molar-refractivity contribution in [2.45, 2.75) is 18.9 Å². The van der Waals surface area contributed by atoms with E-state index in [-0.39, 0.29) is 30.6 Å². The zero-order valence-electron chi connectivity index (χ0n) is 16.1. The van der Waals surface area contributed by atoms with E-state index in [1.165, 1.54) is 12.1 Å². The molecule has 4 nitrogen and oxygen atoms in total. The van der Waals surface area contributed by atoms with E-state index in [1.54, 1.807) is 17.0 Å². The van der Waals surface area contributed by atoms with Crippen molar-refractivity contribution in [2.24, 2.45) is 0 Å². The molecule has 0 bridgehead atoms. The van der Waals surface area contributed by atoms with E-state index in [4.69, 9.17) is 0 Å². The number of hydrogen-bond acceptors (Lipinski definition) is 2. The van der Waals surface area contributed by atoms with Crippen LogP contribution in [0.15, 0.2) is 77.3 Å². The van der Waals surface area contributed by atoms with Crippen LogP contribution >= 0.6 is 15.9 Å². The zero-order chi connectivity index (χ0) is 21.1. The fraction of sp³-hybridized carbons (Fsp3) is 0.167. The molecule has 0 fully saturated rings. The molecular formula is C24H20BrFN2O2. The lowest BCUT2D eigenvalue weighted by Crippen LogP contribution is -2.39. The van der Waals surface area contributed by atoms with Crippen LogP contribution < -0.4 is 5.32 Å². The minimum absolute atomic E-state index is 0.0675. The summed E-state index contributed by atoms with van der Waals surface area (Å²) in [7, 11) is 0. The molecule has 4 rings (SSSR count). The van der Waals surface area contributed by atoms with E-state index >= 15 is 0 Å². The smallest absolute Gasteiger partial charge is 0.244 e. The summed E-state index contributed by atoms with van der Waals surface area (Å²) in [6.45, 7) is -0.0675. The predicted octanol–water partition coefficient (Wildman–Crippen LogP) is 5.09. The van der Waals surface area contributed by atoms with Crippen LogP contribution in [0, 0.1) is 5.82 Å². The Labute approximate surface area is 182 Å². The summed E-state index contributed by atoms with van der Waals surface area (Å²) >= 11 is 3.48. The Morgan fingerprint density at radius 1 is 1.07 bits per heavy atom. The fourth-order valence-electron chi connectivity index (χ4n) is 3.75. The quantitative estimate of drug-likeness (QED) is 0.581. The SMILES string of the molecule is O=C1CN(C(=O)CCc2ccccc2)C(c2ccc(F)cc2)c2cc(Br)ccc2N1. The Morgan fingerprint density at radius 3 is 2.53 bits per heavy atom. The van der Waals surface area contributed by atoms with Gasteiger partial charge in [0.25, 0.3) is 0 Å². The summed E-state index contributed by atoms with van der Waals surface area (Å²) in [5, 5.41) is 2.89. The maximum absolute atomic E-state index is 13.6. The van der Waals surface area contributed by atoms with E-state index < -0.39 is 6.04 Å². The number of carbonyl (C=O) groups is 2. The highest BCUT2D eigenvalue weighted by molar-refractivity contribution is 9.10. The number of nitrogens with one attached hydrogen (secondary N) is 1. The Hall–Kier alpha value is -2.99. The monoisotopic (exact) mass is 466 g/mol. The lowest BCUT2D eigenvalue weighted by atomic mass is 9.95. The van der Waals surface area contributed by atoms with Gasteiger partial charge in [0.15, 0.2) is 0 Å². The average molecular weight is 467 g/mol. The summed E-state index contributed by atoms with van der Waals surface area (Å²) in [6.07, 6.45) is 0.859. The van der Waals surface area contributed by atoms with E-state index in [0.29, 0.717) is 12.1 Å². The topological polar surface area (TPSA) is 49.4 Å². The number of aryl methyl sites for hydroxylation is 1. The van der Waals surface area contributed by atoms with Crippen molar-refractivity contribution in [3.8, 4) is 0 Å². The molecule has 1 unspecified atom stereocenters. The third-order valence-electron chi connectivity index (χ3n) is 5.18. The predicted molar refractivity (Wildman–Crippen MR) is 117 cm³/mol. The van der Waals surface area contributed by atoms with Gasteiger partial charge in [-0.05, 0) is 47.9 Å². The highest BCUT2D eigenvalue weighted by atomic mass is 79.9. The van der Waals surface area contributed by atoms with Gasteiger partial charge in [-0.1, -0.05) is 58.4 Å². The Bertz CT molecular complexity index is 1070. The highest BCUT2D eigenvalue weighted by Gasteiger charge is 2.33. The van der Waals surface area contributed by atoms with Crippen molar-refractivity contribution >= 4 is 33.4 Å². The van der Waals surface area contributed by atoms with Crippen molar-refractivity contribution in [1.29, 1.82) is 0 Å². The molecule has 152 valence electrons. The lowest BCUT2D eigenvalue weighted by molar-refractivity contribution is -0.136. The van der Waals surface area contributed by atoms with Crippen LogP contribution in [0.5, 0.6) is 0 Å². The van der Waals surface area contributed by atoms with Gasteiger partial charge in [0, 0.05) is 22.1 Å². The Kier molecular flexibility index (Phi) is 5.95. The number of fused-ring (bicyclic) bond motifs is 1. The van der Waals surface area contributed by atoms with Crippen LogP contribution in [0.1, 0.15) is 29.2 Å². The molecule has 0 saturated carbocycles. The molecule has 1 atom stereocenters. The maximum atomic E-state index is 13.6. The van der Waals surface area contributed by atoms with Crippen molar-refractivity contribution in [2.75, 3.05) is 11.9 Å². The molecule has 0 aromatic heterocycles. The van der Waals surface area contributed by atoms with Gasteiger partial charge in [0.2, 0.25) is 11.8 Å². The van der Waals surface area contributed by atoms with E-state index in [2.05, 4.69) is 21.2 Å². The minimum Gasteiger partial charge on any atom is -0.324 e. The van der Waals surface area contributed by atoms with E-state index in [0.717, 1.165) is 21.2 Å². The molecule has 0 radical (unpaired) electrons. The molecule has 3 aromatic rings. The van der Waals surface area contributed by atoms with Gasteiger partial charge in [-0.15, -0.1) is 0 Å². The number of hydrogen-bond donors (Lipinski definition) is 1. The van der Waals surface area contributed by atoms with Crippen LogP contribution in [0.4, 0.5) is 10.1 Å². The number of rotatable bonds is 4. The summed E-state index contributed by atoms with van der Waals surface area (Å²) in [5.41, 5.74) is 3.25. The molecule has 1 aliphatic rings. The number of benzene rings is 3. The standard InChI is InChI=1S/C24H20BrFN2O2/c25-18-9-12-21-20(14-18)24(17-7-10-19(26)11-8-17)28(15-22(29)27-21)23(30)13-6-16-4-2-1-3-5-16/h1-5,7-12,14,24H,6,13,15H2,(H,27,29). The van der Waals surface area contributed by atoms with Crippen LogP contribution in [0.25, 0.3) is 0 Å². The lowest BCUT2D eigenvalue weighted by Gasteiger charge is -2.31. The van der Waals surface area contributed by atoms with Crippen LogP contribution in [0.3, 0.4) is 0 Å². The van der Waals surface area contributed by atoms with Gasteiger partial charge in [-0.2, -0.15) is 0 Å². The van der Waals surface area contributed by atoms with Gasteiger partial charge < -0.3 is 10.2 Å². The van der Waals surface area contributed by atoms with Crippen molar-refractivity contribution < 1.29 is 14.0 Å². The summed E-state index contributed by atoms with van der Waals surface area (Å²) < 4.78 is 14.4. The number of halogens is 2. The van der Waals surface area contributed by atoms with Gasteiger partial charge in [-0.3, -0.25) is 9.59 Å². The second-order valence-electron chi connectivity index (χ2n) is 7.24. The van der Waals surface area contributed by atoms with Crippen molar-refractivity contribution in [3.63, 3.8) is 0 Å².